The Balaban J connectivity index is 1.68. The highest BCUT2D eigenvalue weighted by molar-refractivity contribution is 7.89. The SMILES string of the molecule is CC1CCN(S(=O)(=O)c2ccc(C(=O)NC(C)c3cccs3)cc2)CC1. The van der Waals surface area contributed by atoms with Gasteiger partial charge in [-0.05, 0) is 61.4 Å². The molecule has 1 aliphatic heterocycles. The summed E-state index contributed by atoms with van der Waals surface area (Å²) in [5, 5.41) is 4.91. The van der Waals surface area contributed by atoms with Crippen LogP contribution < -0.4 is 5.32 Å². The molecule has 2 aromatic rings. The van der Waals surface area contributed by atoms with Crippen molar-refractivity contribution < 1.29 is 13.2 Å². The molecule has 26 heavy (non-hydrogen) atoms. The quantitative estimate of drug-likeness (QED) is 0.844. The molecule has 1 atom stereocenters. The van der Waals surface area contributed by atoms with Gasteiger partial charge >= 0.3 is 0 Å². The molecule has 140 valence electrons. The Morgan fingerprint density at radius 1 is 1.19 bits per heavy atom. The third-order valence-electron chi connectivity index (χ3n) is 4.81. The monoisotopic (exact) mass is 392 g/mol. The Morgan fingerprint density at radius 2 is 1.85 bits per heavy atom. The van der Waals surface area contributed by atoms with Crippen molar-refractivity contribution in [2.75, 3.05) is 13.1 Å². The van der Waals surface area contributed by atoms with E-state index in [1.165, 1.54) is 12.1 Å². The predicted octanol–water partition coefficient (Wildman–Crippen LogP) is 3.66. The largest absolute Gasteiger partial charge is 0.345 e. The number of carbonyl (C=O) groups excluding carboxylic acids is 1. The molecule has 1 unspecified atom stereocenters. The molecule has 1 aromatic carbocycles. The lowest BCUT2D eigenvalue weighted by Gasteiger charge is -2.29. The second-order valence-corrected chi connectivity index (χ2v) is 9.74. The first-order valence-electron chi connectivity index (χ1n) is 8.82. The normalized spacial score (nSPS) is 17.8. The first kappa shape index (κ1) is 19.1. The van der Waals surface area contributed by atoms with Crippen LogP contribution in [0.1, 0.15) is 48.0 Å². The van der Waals surface area contributed by atoms with Gasteiger partial charge in [-0.2, -0.15) is 4.31 Å². The maximum absolute atomic E-state index is 12.7. The van der Waals surface area contributed by atoms with E-state index in [2.05, 4.69) is 12.2 Å². The van der Waals surface area contributed by atoms with E-state index < -0.39 is 10.0 Å². The Morgan fingerprint density at radius 3 is 2.42 bits per heavy atom. The molecule has 2 heterocycles. The maximum atomic E-state index is 12.7. The molecule has 5 nitrogen and oxygen atoms in total. The number of hydrogen-bond acceptors (Lipinski definition) is 4. The van der Waals surface area contributed by atoms with Gasteiger partial charge in [0.15, 0.2) is 0 Å². The third kappa shape index (κ3) is 4.16. The Kier molecular flexibility index (Phi) is 5.79. The second kappa shape index (κ2) is 7.90. The molecule has 3 rings (SSSR count). The summed E-state index contributed by atoms with van der Waals surface area (Å²) in [4.78, 5) is 13.7. The molecule has 0 saturated carbocycles. The summed E-state index contributed by atoms with van der Waals surface area (Å²) in [5.41, 5.74) is 0.458. The Labute approximate surface area is 159 Å². The molecule has 1 aromatic heterocycles. The van der Waals surface area contributed by atoms with Crippen molar-refractivity contribution in [3.63, 3.8) is 0 Å². The van der Waals surface area contributed by atoms with Gasteiger partial charge < -0.3 is 5.32 Å². The van der Waals surface area contributed by atoms with Gasteiger partial charge in [0.2, 0.25) is 10.0 Å². The van der Waals surface area contributed by atoms with Crippen LogP contribution in [0.4, 0.5) is 0 Å². The molecule has 0 bridgehead atoms. The van der Waals surface area contributed by atoms with Gasteiger partial charge in [-0.25, -0.2) is 8.42 Å². The minimum atomic E-state index is -3.48. The zero-order valence-electron chi connectivity index (χ0n) is 15.0. The molecular weight excluding hydrogens is 368 g/mol. The van der Waals surface area contributed by atoms with Crippen LogP contribution in [-0.4, -0.2) is 31.7 Å². The number of amides is 1. The summed E-state index contributed by atoms with van der Waals surface area (Å²) in [6.45, 7) is 5.20. The van der Waals surface area contributed by atoms with E-state index in [0.717, 1.165) is 17.7 Å². The van der Waals surface area contributed by atoms with Crippen LogP contribution in [0.15, 0.2) is 46.7 Å². The van der Waals surface area contributed by atoms with Crippen molar-refractivity contribution in [2.24, 2.45) is 5.92 Å². The molecular formula is C19H24N2O3S2. The van der Waals surface area contributed by atoms with E-state index in [1.807, 2.05) is 24.4 Å². The lowest BCUT2D eigenvalue weighted by Crippen LogP contribution is -2.37. The van der Waals surface area contributed by atoms with Gasteiger partial charge in [-0.1, -0.05) is 13.0 Å². The van der Waals surface area contributed by atoms with Gasteiger partial charge in [0.05, 0.1) is 10.9 Å². The summed E-state index contributed by atoms with van der Waals surface area (Å²) in [6, 6.07) is 10.1. The van der Waals surface area contributed by atoms with E-state index in [-0.39, 0.29) is 16.8 Å². The standard InChI is InChI=1S/C19H24N2O3S2/c1-14-9-11-21(12-10-14)26(23,24)17-7-5-16(6-8-17)19(22)20-15(2)18-4-3-13-25-18/h3-8,13-15H,9-12H2,1-2H3,(H,20,22). The predicted molar refractivity (Wildman–Crippen MR) is 104 cm³/mol. The van der Waals surface area contributed by atoms with Gasteiger partial charge in [0, 0.05) is 23.5 Å². The molecule has 1 amide bonds. The van der Waals surface area contributed by atoms with Crippen molar-refractivity contribution >= 4 is 27.3 Å². The number of nitrogens with one attached hydrogen (secondary N) is 1. The first-order chi connectivity index (χ1) is 12.4. The lowest BCUT2D eigenvalue weighted by molar-refractivity contribution is 0.0940. The lowest BCUT2D eigenvalue weighted by atomic mass is 10.0. The summed E-state index contributed by atoms with van der Waals surface area (Å²) in [5.74, 6) is 0.361. The fraction of sp³-hybridized carbons (Fsp3) is 0.421. The van der Waals surface area contributed by atoms with Crippen LogP contribution in [0.3, 0.4) is 0 Å². The molecule has 1 saturated heterocycles. The summed E-state index contributed by atoms with van der Waals surface area (Å²) in [6.07, 6.45) is 1.78. The minimum Gasteiger partial charge on any atom is -0.345 e. The Bertz CT molecular complexity index is 837. The number of benzene rings is 1. The molecule has 7 heteroatoms. The zero-order chi connectivity index (χ0) is 18.7. The second-order valence-electron chi connectivity index (χ2n) is 6.82. The number of sulfonamides is 1. The van der Waals surface area contributed by atoms with E-state index in [0.29, 0.717) is 24.6 Å². The smallest absolute Gasteiger partial charge is 0.251 e. The van der Waals surface area contributed by atoms with Gasteiger partial charge in [-0.15, -0.1) is 11.3 Å². The highest BCUT2D eigenvalue weighted by atomic mass is 32.2. The Hall–Kier alpha value is -1.70. The van der Waals surface area contributed by atoms with Crippen LogP contribution in [0.5, 0.6) is 0 Å². The number of rotatable bonds is 5. The maximum Gasteiger partial charge on any atom is 0.251 e. The minimum absolute atomic E-state index is 0.0822. The molecule has 0 radical (unpaired) electrons. The fourth-order valence-electron chi connectivity index (χ4n) is 3.04. The molecule has 1 N–H and O–H groups in total. The molecule has 1 aliphatic rings. The zero-order valence-corrected chi connectivity index (χ0v) is 16.6. The number of nitrogens with zero attached hydrogens (tertiary/aromatic N) is 1. The van der Waals surface area contributed by atoms with E-state index in [1.54, 1.807) is 27.8 Å². The van der Waals surface area contributed by atoms with Crippen LogP contribution in [0.25, 0.3) is 0 Å². The van der Waals surface area contributed by atoms with Crippen LogP contribution in [0, 0.1) is 5.92 Å². The van der Waals surface area contributed by atoms with Gasteiger partial charge in [0.25, 0.3) is 5.91 Å². The van der Waals surface area contributed by atoms with E-state index in [4.69, 9.17) is 0 Å². The van der Waals surface area contributed by atoms with Crippen LogP contribution >= 0.6 is 11.3 Å². The average molecular weight is 393 g/mol. The number of thiophene rings is 1. The van der Waals surface area contributed by atoms with Crippen molar-refractivity contribution in [1.29, 1.82) is 0 Å². The van der Waals surface area contributed by atoms with Crippen LogP contribution in [0.2, 0.25) is 0 Å². The van der Waals surface area contributed by atoms with Gasteiger partial charge in [0.1, 0.15) is 0 Å². The van der Waals surface area contributed by atoms with Crippen molar-refractivity contribution in [2.45, 2.75) is 37.6 Å². The van der Waals surface area contributed by atoms with Gasteiger partial charge in [-0.3, -0.25) is 4.79 Å². The van der Waals surface area contributed by atoms with Crippen LogP contribution in [-0.2, 0) is 10.0 Å². The van der Waals surface area contributed by atoms with Crippen molar-refractivity contribution in [3.05, 3.63) is 52.2 Å². The number of carbonyl (C=O) groups is 1. The fourth-order valence-corrected chi connectivity index (χ4v) is 5.25. The summed E-state index contributed by atoms with van der Waals surface area (Å²) in [7, 11) is -3.48. The van der Waals surface area contributed by atoms with Crippen molar-refractivity contribution in [3.8, 4) is 0 Å². The third-order valence-corrected chi connectivity index (χ3v) is 7.78. The number of piperidine rings is 1. The highest BCUT2D eigenvalue weighted by Crippen LogP contribution is 2.24. The van der Waals surface area contributed by atoms with E-state index >= 15 is 0 Å². The van der Waals surface area contributed by atoms with E-state index in [9.17, 15) is 13.2 Å². The highest BCUT2D eigenvalue weighted by Gasteiger charge is 2.28. The van der Waals surface area contributed by atoms with Crippen molar-refractivity contribution in [1.82, 2.24) is 9.62 Å². The summed E-state index contributed by atoms with van der Waals surface area (Å²) >= 11 is 1.59. The number of hydrogen-bond donors (Lipinski definition) is 1. The molecule has 0 aliphatic carbocycles. The molecule has 1 fully saturated rings. The summed E-state index contributed by atoms with van der Waals surface area (Å²) < 4.78 is 27.0. The first-order valence-corrected chi connectivity index (χ1v) is 11.1. The molecule has 0 spiro atoms. The average Bonchev–Trinajstić information content (AvgIpc) is 3.17. The topological polar surface area (TPSA) is 66.5 Å².